The summed E-state index contributed by atoms with van der Waals surface area (Å²) in [6, 6.07) is 5.06. The van der Waals surface area contributed by atoms with Crippen molar-refractivity contribution in [1.82, 2.24) is 4.90 Å². The van der Waals surface area contributed by atoms with Gasteiger partial charge in [-0.2, -0.15) is 0 Å². The molecule has 0 aliphatic carbocycles. The fourth-order valence-corrected chi connectivity index (χ4v) is 2.39. The molecule has 1 aliphatic heterocycles. The maximum atomic E-state index is 12.1. The number of amides is 1. The molecule has 0 aromatic heterocycles. The van der Waals surface area contributed by atoms with Gasteiger partial charge in [-0.3, -0.25) is 9.69 Å². The summed E-state index contributed by atoms with van der Waals surface area (Å²) < 4.78 is 5.44. The largest absolute Gasteiger partial charge is 0.397 e. The highest BCUT2D eigenvalue weighted by atomic mass is 35.5. The van der Waals surface area contributed by atoms with Crippen LogP contribution in [0.4, 0.5) is 11.4 Å². The first kappa shape index (κ1) is 16.0. The van der Waals surface area contributed by atoms with Gasteiger partial charge in [0.05, 0.1) is 37.2 Å². The van der Waals surface area contributed by atoms with Crippen molar-refractivity contribution in [2.75, 3.05) is 37.4 Å². The Morgan fingerprint density at radius 2 is 2.38 bits per heavy atom. The van der Waals surface area contributed by atoms with E-state index < -0.39 is 0 Å². The maximum Gasteiger partial charge on any atom is 0.238 e. The molecule has 1 aromatic rings. The Balaban J connectivity index is 1.96. The summed E-state index contributed by atoms with van der Waals surface area (Å²) in [4.78, 5) is 14.1. The highest BCUT2D eigenvalue weighted by molar-refractivity contribution is 6.31. The molecule has 1 aliphatic rings. The van der Waals surface area contributed by atoms with Gasteiger partial charge in [-0.15, -0.1) is 0 Å². The number of benzene rings is 1. The van der Waals surface area contributed by atoms with Crippen LogP contribution in [0.15, 0.2) is 18.2 Å². The minimum Gasteiger partial charge on any atom is -0.397 e. The highest BCUT2D eigenvalue weighted by Crippen LogP contribution is 2.23. The summed E-state index contributed by atoms with van der Waals surface area (Å²) in [6.45, 7) is 3.17. The third-order valence-corrected chi connectivity index (χ3v) is 3.71. The number of anilines is 2. The van der Waals surface area contributed by atoms with Crippen LogP contribution in [-0.2, 0) is 9.53 Å². The van der Waals surface area contributed by atoms with Gasteiger partial charge in [0, 0.05) is 17.6 Å². The molecular weight excluding hydrogens is 294 g/mol. The molecule has 0 radical (unpaired) electrons. The first-order chi connectivity index (χ1) is 9.99. The second-order valence-electron chi connectivity index (χ2n) is 5.20. The number of carbonyl (C=O) groups is 1. The third-order valence-electron chi connectivity index (χ3n) is 3.47. The molecule has 21 heavy (non-hydrogen) atoms. The molecule has 2 unspecified atom stereocenters. The van der Waals surface area contributed by atoms with Gasteiger partial charge in [-0.25, -0.2) is 0 Å². The molecule has 4 N–H and O–H groups in total. The van der Waals surface area contributed by atoms with E-state index in [-0.39, 0.29) is 31.2 Å². The molecule has 7 heteroatoms. The number of aliphatic hydroxyl groups excluding tert-OH is 1. The van der Waals surface area contributed by atoms with Crippen LogP contribution in [0.1, 0.15) is 6.92 Å². The highest BCUT2D eigenvalue weighted by Gasteiger charge is 2.27. The Bertz CT molecular complexity index is 512. The van der Waals surface area contributed by atoms with Crippen molar-refractivity contribution in [3.05, 3.63) is 23.2 Å². The number of nitrogens with zero attached hydrogens (tertiary/aromatic N) is 1. The summed E-state index contributed by atoms with van der Waals surface area (Å²) >= 11 is 5.89. The molecule has 1 aromatic carbocycles. The lowest BCUT2D eigenvalue weighted by Crippen LogP contribution is -2.51. The summed E-state index contributed by atoms with van der Waals surface area (Å²) in [5.41, 5.74) is 6.78. The van der Waals surface area contributed by atoms with Gasteiger partial charge in [0.1, 0.15) is 0 Å². The van der Waals surface area contributed by atoms with Crippen molar-refractivity contribution in [1.29, 1.82) is 0 Å². The second kappa shape index (κ2) is 7.09. The number of hydrogen-bond donors (Lipinski definition) is 3. The van der Waals surface area contributed by atoms with Crippen LogP contribution in [0.25, 0.3) is 0 Å². The zero-order valence-electron chi connectivity index (χ0n) is 11.9. The molecule has 1 fully saturated rings. The van der Waals surface area contributed by atoms with Gasteiger partial charge in [0.15, 0.2) is 0 Å². The lowest BCUT2D eigenvalue weighted by atomic mass is 10.2. The third kappa shape index (κ3) is 4.31. The van der Waals surface area contributed by atoms with Crippen LogP contribution in [0.3, 0.4) is 0 Å². The van der Waals surface area contributed by atoms with E-state index in [1.165, 1.54) is 0 Å². The lowest BCUT2D eigenvalue weighted by molar-refractivity contribution is -0.122. The molecule has 6 nitrogen and oxygen atoms in total. The zero-order valence-corrected chi connectivity index (χ0v) is 12.6. The molecule has 2 atom stereocenters. The van der Waals surface area contributed by atoms with Gasteiger partial charge in [-0.1, -0.05) is 11.6 Å². The van der Waals surface area contributed by atoms with E-state index in [1.54, 1.807) is 18.2 Å². The smallest absolute Gasteiger partial charge is 0.238 e. The normalized spacial score (nSPS) is 23.0. The molecule has 1 amide bonds. The SMILES string of the molecule is CC1COC(CO)CN1CC(=O)Nc1cc(Cl)ccc1N. The first-order valence-corrected chi connectivity index (χ1v) is 7.18. The van der Waals surface area contributed by atoms with E-state index in [4.69, 9.17) is 27.2 Å². The van der Waals surface area contributed by atoms with Gasteiger partial charge >= 0.3 is 0 Å². The Kier molecular flexibility index (Phi) is 5.41. The molecule has 0 bridgehead atoms. The molecule has 0 saturated carbocycles. The summed E-state index contributed by atoms with van der Waals surface area (Å²) in [6.07, 6.45) is -0.245. The summed E-state index contributed by atoms with van der Waals surface area (Å²) in [5, 5.41) is 12.4. The number of nitrogens with one attached hydrogen (secondary N) is 1. The fourth-order valence-electron chi connectivity index (χ4n) is 2.22. The Morgan fingerprint density at radius 1 is 1.62 bits per heavy atom. The van der Waals surface area contributed by atoms with Crippen LogP contribution in [0.2, 0.25) is 5.02 Å². The average molecular weight is 314 g/mol. The summed E-state index contributed by atoms with van der Waals surface area (Å²) in [5.74, 6) is -0.172. The van der Waals surface area contributed by atoms with E-state index in [1.807, 2.05) is 11.8 Å². The molecule has 116 valence electrons. The van der Waals surface area contributed by atoms with Crippen LogP contribution in [-0.4, -0.2) is 54.4 Å². The standard InChI is InChI=1S/C14H20ClN3O3/c1-9-8-21-11(7-19)5-18(9)6-14(20)17-13-4-10(15)2-3-12(13)16/h2-4,9,11,19H,5-8,16H2,1H3,(H,17,20). The number of morpholine rings is 1. The predicted octanol–water partition coefficient (Wildman–Crippen LogP) is 0.942. The van der Waals surface area contributed by atoms with Crippen LogP contribution >= 0.6 is 11.6 Å². The number of halogens is 1. The number of hydrogen-bond acceptors (Lipinski definition) is 5. The molecule has 2 rings (SSSR count). The van der Waals surface area contributed by atoms with Gasteiger partial charge in [0.2, 0.25) is 5.91 Å². The first-order valence-electron chi connectivity index (χ1n) is 6.81. The Labute approximate surface area is 128 Å². The molecular formula is C14H20ClN3O3. The van der Waals surface area contributed by atoms with Crippen LogP contribution in [0, 0.1) is 0 Å². The van der Waals surface area contributed by atoms with E-state index in [9.17, 15) is 4.79 Å². The van der Waals surface area contributed by atoms with Gasteiger partial charge < -0.3 is 20.9 Å². The van der Waals surface area contributed by atoms with Crippen molar-refractivity contribution in [3.63, 3.8) is 0 Å². The van der Waals surface area contributed by atoms with Crippen molar-refractivity contribution in [2.45, 2.75) is 19.1 Å². The summed E-state index contributed by atoms with van der Waals surface area (Å²) in [7, 11) is 0. The average Bonchev–Trinajstić information content (AvgIpc) is 2.45. The molecule has 0 spiro atoms. The number of nitrogens with two attached hydrogens (primary N) is 1. The lowest BCUT2D eigenvalue weighted by Gasteiger charge is -2.36. The molecule has 1 saturated heterocycles. The number of carbonyl (C=O) groups excluding carboxylic acids is 1. The Hall–Kier alpha value is -1.34. The van der Waals surface area contributed by atoms with Crippen LogP contribution in [0.5, 0.6) is 0 Å². The zero-order chi connectivity index (χ0) is 15.4. The van der Waals surface area contributed by atoms with E-state index in [0.717, 1.165) is 0 Å². The second-order valence-corrected chi connectivity index (χ2v) is 5.63. The number of nitrogen functional groups attached to an aromatic ring is 1. The minimum absolute atomic E-state index is 0.0495. The maximum absolute atomic E-state index is 12.1. The fraction of sp³-hybridized carbons (Fsp3) is 0.500. The van der Waals surface area contributed by atoms with Crippen LogP contribution < -0.4 is 11.1 Å². The quantitative estimate of drug-likeness (QED) is 0.720. The van der Waals surface area contributed by atoms with E-state index >= 15 is 0 Å². The number of aliphatic hydroxyl groups is 1. The number of ether oxygens (including phenoxy) is 1. The monoisotopic (exact) mass is 313 g/mol. The van der Waals surface area contributed by atoms with Gasteiger partial charge in [-0.05, 0) is 25.1 Å². The Morgan fingerprint density at radius 3 is 3.10 bits per heavy atom. The predicted molar refractivity (Wildman–Crippen MR) is 82.4 cm³/mol. The number of rotatable bonds is 4. The topological polar surface area (TPSA) is 87.8 Å². The van der Waals surface area contributed by atoms with Crippen molar-refractivity contribution in [2.24, 2.45) is 0 Å². The van der Waals surface area contributed by atoms with Crippen molar-refractivity contribution in [3.8, 4) is 0 Å². The van der Waals surface area contributed by atoms with Crippen molar-refractivity contribution < 1.29 is 14.6 Å². The van der Waals surface area contributed by atoms with Crippen molar-refractivity contribution >= 4 is 28.9 Å². The molecule has 1 heterocycles. The minimum atomic E-state index is -0.245. The van der Waals surface area contributed by atoms with E-state index in [0.29, 0.717) is 29.5 Å². The van der Waals surface area contributed by atoms with Gasteiger partial charge in [0.25, 0.3) is 0 Å². The van der Waals surface area contributed by atoms with E-state index in [2.05, 4.69) is 5.32 Å².